The Morgan fingerprint density at radius 3 is 2.86 bits per heavy atom. The number of hydrogen-bond acceptors (Lipinski definition) is 6. The third-order valence-corrected chi connectivity index (χ3v) is 5.94. The van der Waals surface area contributed by atoms with Gasteiger partial charge in [-0.05, 0) is 18.7 Å². The summed E-state index contributed by atoms with van der Waals surface area (Å²) in [6.45, 7) is 3.86. The van der Waals surface area contributed by atoms with Crippen LogP contribution in [-0.4, -0.2) is 36.3 Å². The van der Waals surface area contributed by atoms with Gasteiger partial charge in [0.05, 0.1) is 0 Å². The number of aromatic nitrogens is 3. The van der Waals surface area contributed by atoms with Gasteiger partial charge in [-0.1, -0.05) is 6.92 Å². The third-order valence-electron chi connectivity index (χ3n) is 2.90. The second kappa shape index (κ2) is 7.12. The van der Waals surface area contributed by atoms with E-state index in [9.17, 15) is 8.42 Å². The summed E-state index contributed by atoms with van der Waals surface area (Å²) in [6.07, 6.45) is 2.10. The Labute approximate surface area is 128 Å². The Morgan fingerprint density at radius 1 is 1.38 bits per heavy atom. The van der Waals surface area contributed by atoms with Crippen molar-refractivity contribution >= 4 is 21.4 Å². The molecule has 2 aromatic rings. The maximum Gasteiger partial charge on any atom is 0.250 e. The van der Waals surface area contributed by atoms with E-state index >= 15 is 0 Å². The monoisotopic (exact) mass is 329 g/mol. The van der Waals surface area contributed by atoms with E-state index in [0.717, 1.165) is 17.2 Å². The molecule has 21 heavy (non-hydrogen) atoms. The molecule has 2 aromatic heterocycles. The van der Waals surface area contributed by atoms with E-state index in [1.165, 1.54) is 11.3 Å². The van der Waals surface area contributed by atoms with Gasteiger partial charge >= 0.3 is 0 Å². The SMILES string of the molecule is CCNCc1ccc(S(=O)(=O)NCCc2nncn2C)s1. The quantitative estimate of drug-likeness (QED) is 0.736. The predicted octanol–water partition coefficient (Wildman–Crippen LogP) is 0.507. The summed E-state index contributed by atoms with van der Waals surface area (Å²) in [5.74, 6) is 0.747. The number of sulfonamides is 1. The van der Waals surface area contributed by atoms with E-state index in [2.05, 4.69) is 20.2 Å². The van der Waals surface area contributed by atoms with Crippen molar-refractivity contribution in [1.82, 2.24) is 24.8 Å². The highest BCUT2D eigenvalue weighted by Crippen LogP contribution is 2.21. The summed E-state index contributed by atoms with van der Waals surface area (Å²) in [5.41, 5.74) is 0. The van der Waals surface area contributed by atoms with Crippen molar-refractivity contribution in [2.75, 3.05) is 13.1 Å². The third kappa shape index (κ3) is 4.34. The number of hydrogen-bond donors (Lipinski definition) is 2. The normalized spacial score (nSPS) is 11.9. The highest BCUT2D eigenvalue weighted by Gasteiger charge is 2.16. The lowest BCUT2D eigenvalue weighted by Gasteiger charge is -2.04. The molecule has 0 aliphatic carbocycles. The number of nitrogens with one attached hydrogen (secondary N) is 2. The first-order valence-electron chi connectivity index (χ1n) is 6.65. The predicted molar refractivity (Wildman–Crippen MR) is 81.6 cm³/mol. The molecular formula is C12H19N5O2S2. The van der Waals surface area contributed by atoms with Gasteiger partial charge in [0.1, 0.15) is 16.4 Å². The zero-order valence-electron chi connectivity index (χ0n) is 12.0. The van der Waals surface area contributed by atoms with Crippen LogP contribution in [0.2, 0.25) is 0 Å². The fourth-order valence-corrected chi connectivity index (χ4v) is 4.15. The molecule has 7 nitrogen and oxygen atoms in total. The average molecular weight is 329 g/mol. The number of nitrogens with zero attached hydrogens (tertiary/aromatic N) is 3. The summed E-state index contributed by atoms with van der Waals surface area (Å²) < 4.78 is 29.0. The van der Waals surface area contributed by atoms with Crippen LogP contribution in [0.15, 0.2) is 22.7 Å². The van der Waals surface area contributed by atoms with Gasteiger partial charge in [0.2, 0.25) is 10.0 Å². The zero-order valence-corrected chi connectivity index (χ0v) is 13.7. The van der Waals surface area contributed by atoms with Gasteiger partial charge in [-0.15, -0.1) is 21.5 Å². The van der Waals surface area contributed by atoms with Crippen LogP contribution in [0.25, 0.3) is 0 Å². The molecule has 2 N–H and O–H groups in total. The van der Waals surface area contributed by atoms with E-state index in [0.29, 0.717) is 23.7 Å². The van der Waals surface area contributed by atoms with Crippen molar-refractivity contribution in [2.45, 2.75) is 24.1 Å². The lowest BCUT2D eigenvalue weighted by molar-refractivity contribution is 0.582. The molecule has 0 atom stereocenters. The van der Waals surface area contributed by atoms with Crippen LogP contribution in [0, 0.1) is 0 Å². The minimum atomic E-state index is -3.45. The highest BCUT2D eigenvalue weighted by molar-refractivity contribution is 7.91. The minimum Gasteiger partial charge on any atom is -0.321 e. The molecule has 0 aliphatic heterocycles. The average Bonchev–Trinajstić information content (AvgIpc) is 3.06. The molecule has 0 saturated heterocycles. The van der Waals surface area contributed by atoms with Crippen molar-refractivity contribution in [3.8, 4) is 0 Å². The molecule has 116 valence electrons. The minimum absolute atomic E-state index is 0.301. The molecule has 0 aromatic carbocycles. The molecule has 2 rings (SSSR count). The van der Waals surface area contributed by atoms with Crippen molar-refractivity contribution in [3.05, 3.63) is 29.2 Å². The molecule has 2 heterocycles. The van der Waals surface area contributed by atoms with Crippen LogP contribution in [-0.2, 0) is 30.0 Å². The summed E-state index contributed by atoms with van der Waals surface area (Å²) in [5, 5.41) is 10.9. The number of aryl methyl sites for hydroxylation is 1. The van der Waals surface area contributed by atoms with Crippen molar-refractivity contribution in [3.63, 3.8) is 0 Å². The van der Waals surface area contributed by atoms with Crippen molar-refractivity contribution in [1.29, 1.82) is 0 Å². The Morgan fingerprint density at radius 2 is 2.19 bits per heavy atom. The molecule has 0 fully saturated rings. The number of thiophene rings is 1. The molecule has 9 heteroatoms. The molecule has 0 amide bonds. The van der Waals surface area contributed by atoms with Crippen LogP contribution in [0.3, 0.4) is 0 Å². The standard InChI is InChI=1S/C12H19N5O2S2/c1-3-13-8-10-4-5-12(20-10)21(18,19)15-7-6-11-16-14-9-17(11)2/h4-5,9,13,15H,3,6-8H2,1-2H3. The molecular weight excluding hydrogens is 310 g/mol. The van der Waals surface area contributed by atoms with Gasteiger partial charge in [0.15, 0.2) is 0 Å². The topological polar surface area (TPSA) is 88.9 Å². The number of rotatable bonds is 8. The molecule has 0 aliphatic rings. The first-order chi connectivity index (χ1) is 10.0. The van der Waals surface area contributed by atoms with Gasteiger partial charge in [0, 0.05) is 31.4 Å². The van der Waals surface area contributed by atoms with E-state index < -0.39 is 10.0 Å². The lowest BCUT2D eigenvalue weighted by atomic mass is 10.4. The van der Waals surface area contributed by atoms with E-state index in [1.807, 2.05) is 20.0 Å². The van der Waals surface area contributed by atoms with Gasteiger partial charge in [-0.3, -0.25) is 0 Å². The summed E-state index contributed by atoms with van der Waals surface area (Å²) >= 11 is 1.28. The van der Waals surface area contributed by atoms with Gasteiger partial charge in [0.25, 0.3) is 0 Å². The lowest BCUT2D eigenvalue weighted by Crippen LogP contribution is -2.26. The first kappa shape index (κ1) is 16.1. The fourth-order valence-electron chi connectivity index (χ4n) is 1.75. The van der Waals surface area contributed by atoms with Crippen LogP contribution < -0.4 is 10.0 Å². The Balaban J connectivity index is 1.92. The smallest absolute Gasteiger partial charge is 0.250 e. The second-order valence-corrected chi connectivity index (χ2v) is 7.67. The van der Waals surface area contributed by atoms with Crippen LogP contribution in [0.4, 0.5) is 0 Å². The van der Waals surface area contributed by atoms with E-state index in [1.54, 1.807) is 17.0 Å². The zero-order chi connectivity index (χ0) is 15.3. The van der Waals surface area contributed by atoms with Crippen LogP contribution in [0.5, 0.6) is 0 Å². The Bertz CT molecular complexity index is 677. The van der Waals surface area contributed by atoms with Gasteiger partial charge < -0.3 is 9.88 Å². The summed E-state index contributed by atoms with van der Waals surface area (Å²) in [6, 6.07) is 3.48. The summed E-state index contributed by atoms with van der Waals surface area (Å²) in [4.78, 5) is 1.01. The van der Waals surface area contributed by atoms with Crippen molar-refractivity contribution < 1.29 is 8.42 Å². The maximum absolute atomic E-state index is 12.2. The molecule has 0 bridgehead atoms. The highest BCUT2D eigenvalue weighted by atomic mass is 32.2. The first-order valence-corrected chi connectivity index (χ1v) is 8.95. The molecule has 0 spiro atoms. The van der Waals surface area contributed by atoms with E-state index in [4.69, 9.17) is 0 Å². The molecule has 0 radical (unpaired) electrons. The van der Waals surface area contributed by atoms with Crippen molar-refractivity contribution in [2.24, 2.45) is 7.05 Å². The Kier molecular flexibility index (Phi) is 5.45. The largest absolute Gasteiger partial charge is 0.321 e. The molecule has 0 saturated carbocycles. The summed E-state index contributed by atoms with van der Waals surface area (Å²) in [7, 11) is -1.62. The maximum atomic E-state index is 12.2. The van der Waals surface area contributed by atoms with Gasteiger partial charge in [-0.25, -0.2) is 13.1 Å². The van der Waals surface area contributed by atoms with Gasteiger partial charge in [-0.2, -0.15) is 0 Å². The van der Waals surface area contributed by atoms with E-state index in [-0.39, 0.29) is 0 Å². The second-order valence-electron chi connectivity index (χ2n) is 4.51. The molecule has 0 unspecified atom stereocenters. The van der Waals surface area contributed by atoms with Crippen LogP contribution >= 0.6 is 11.3 Å². The Hall–Kier alpha value is -1.29. The van der Waals surface area contributed by atoms with Crippen LogP contribution in [0.1, 0.15) is 17.6 Å². The fraction of sp³-hybridized carbons (Fsp3) is 0.500.